The van der Waals surface area contributed by atoms with Crippen LogP contribution in [0.5, 0.6) is 5.75 Å². The summed E-state index contributed by atoms with van der Waals surface area (Å²) in [6.07, 6.45) is 2.41. The molecule has 0 radical (unpaired) electrons. The third-order valence-corrected chi connectivity index (χ3v) is 4.91. The van der Waals surface area contributed by atoms with Gasteiger partial charge in [0.2, 0.25) is 0 Å². The summed E-state index contributed by atoms with van der Waals surface area (Å²) >= 11 is 0. The Morgan fingerprint density at radius 1 is 1.26 bits per heavy atom. The Kier molecular flexibility index (Phi) is 9.54. The smallest absolute Gasteiger partial charge is 0.192 e. The van der Waals surface area contributed by atoms with Gasteiger partial charge in [-0.1, -0.05) is 18.2 Å². The predicted molar refractivity (Wildman–Crippen MR) is 133 cm³/mol. The number of rotatable bonds is 7. The van der Waals surface area contributed by atoms with Crippen LogP contribution in [0.1, 0.15) is 50.8 Å². The molecule has 1 aromatic heterocycles. The van der Waals surface area contributed by atoms with Crippen molar-refractivity contribution in [2.75, 3.05) is 13.2 Å². The molecule has 0 saturated carbocycles. The van der Waals surface area contributed by atoms with Crippen molar-refractivity contribution < 1.29 is 9.47 Å². The number of aromatic nitrogens is 3. The molecule has 0 amide bonds. The summed E-state index contributed by atoms with van der Waals surface area (Å²) in [7, 11) is 1.96. The van der Waals surface area contributed by atoms with Gasteiger partial charge in [-0.15, -0.1) is 34.2 Å². The fourth-order valence-electron chi connectivity index (χ4n) is 3.19. The van der Waals surface area contributed by atoms with Crippen LogP contribution in [0.3, 0.4) is 0 Å². The Balaban J connectivity index is 0.00000341. The molecule has 1 atom stereocenters. The first-order valence-electron chi connectivity index (χ1n) is 10.6. The van der Waals surface area contributed by atoms with E-state index < -0.39 is 0 Å². The molecule has 2 heterocycles. The predicted octanol–water partition coefficient (Wildman–Crippen LogP) is 3.33. The van der Waals surface area contributed by atoms with Gasteiger partial charge < -0.3 is 24.7 Å². The Hall–Kier alpha value is -1.88. The third kappa shape index (κ3) is 7.95. The number of aryl methyl sites for hydroxylation is 1. The van der Waals surface area contributed by atoms with E-state index in [4.69, 9.17) is 14.5 Å². The van der Waals surface area contributed by atoms with Gasteiger partial charge in [0.25, 0.3) is 0 Å². The molecule has 1 aliphatic heterocycles. The van der Waals surface area contributed by atoms with Crippen molar-refractivity contribution in [3.05, 3.63) is 41.5 Å². The maximum absolute atomic E-state index is 6.10. The van der Waals surface area contributed by atoms with E-state index >= 15 is 0 Å². The minimum Gasteiger partial charge on any atom is -0.488 e. The van der Waals surface area contributed by atoms with E-state index in [9.17, 15) is 0 Å². The summed E-state index contributed by atoms with van der Waals surface area (Å²) in [4.78, 5) is 4.80. The lowest BCUT2D eigenvalue weighted by atomic mass is 10.1. The van der Waals surface area contributed by atoms with Gasteiger partial charge in [0.15, 0.2) is 11.8 Å². The van der Waals surface area contributed by atoms with Gasteiger partial charge in [0, 0.05) is 25.8 Å². The number of halogens is 1. The summed E-state index contributed by atoms with van der Waals surface area (Å²) in [5.41, 5.74) is 0.780. The molecule has 2 N–H and O–H groups in total. The minimum absolute atomic E-state index is 0. The number of hydrogen-bond acceptors (Lipinski definition) is 5. The van der Waals surface area contributed by atoms with Crippen LogP contribution in [0.2, 0.25) is 0 Å². The van der Waals surface area contributed by atoms with E-state index in [-0.39, 0.29) is 35.7 Å². The van der Waals surface area contributed by atoms with E-state index in [0.717, 1.165) is 54.9 Å². The molecule has 0 bridgehead atoms. The third-order valence-electron chi connectivity index (χ3n) is 4.91. The second kappa shape index (κ2) is 11.7. The highest BCUT2D eigenvalue weighted by Gasteiger charge is 2.17. The molecule has 1 unspecified atom stereocenters. The quantitative estimate of drug-likeness (QED) is 0.317. The molecule has 0 spiro atoms. The van der Waals surface area contributed by atoms with Crippen molar-refractivity contribution in [2.24, 2.45) is 12.0 Å². The fraction of sp³-hybridized carbons (Fsp3) is 0.591. The highest BCUT2D eigenvalue weighted by Crippen LogP contribution is 2.23. The molecule has 31 heavy (non-hydrogen) atoms. The molecule has 1 saturated heterocycles. The number of para-hydroxylation sites is 1. The maximum Gasteiger partial charge on any atom is 0.192 e. The average molecular weight is 542 g/mol. The van der Waals surface area contributed by atoms with Crippen LogP contribution < -0.4 is 15.4 Å². The number of ether oxygens (including phenoxy) is 2. The van der Waals surface area contributed by atoms with E-state index in [1.165, 1.54) is 0 Å². The number of hydrogen-bond donors (Lipinski definition) is 2. The van der Waals surface area contributed by atoms with E-state index in [1.807, 2.05) is 63.6 Å². The van der Waals surface area contributed by atoms with Crippen LogP contribution in [0.4, 0.5) is 0 Å². The van der Waals surface area contributed by atoms with Gasteiger partial charge in [0.1, 0.15) is 17.2 Å². The molecular formula is C22H35IN6O2. The van der Waals surface area contributed by atoms with Gasteiger partial charge in [-0.25, -0.2) is 4.99 Å². The molecule has 172 valence electrons. The number of benzene rings is 1. The Labute approximate surface area is 202 Å². The van der Waals surface area contributed by atoms with Crippen LogP contribution in [0.15, 0.2) is 29.3 Å². The molecule has 3 rings (SSSR count). The molecule has 1 aromatic carbocycles. The van der Waals surface area contributed by atoms with Crippen molar-refractivity contribution in [2.45, 2.75) is 65.3 Å². The van der Waals surface area contributed by atoms with Gasteiger partial charge in [-0.05, 0) is 46.6 Å². The van der Waals surface area contributed by atoms with Gasteiger partial charge >= 0.3 is 0 Å². The SMILES string of the molecule is Cc1nnc(CNC(=NCc2ccccc2OC(C)(C)C)NCC2CCCO2)n1C.I. The molecule has 2 aromatic rings. The monoisotopic (exact) mass is 542 g/mol. The maximum atomic E-state index is 6.10. The van der Waals surface area contributed by atoms with Crippen LogP contribution in [-0.4, -0.2) is 45.6 Å². The zero-order valence-electron chi connectivity index (χ0n) is 19.1. The lowest BCUT2D eigenvalue weighted by Gasteiger charge is -2.23. The van der Waals surface area contributed by atoms with E-state index in [2.05, 4.69) is 20.8 Å². The highest BCUT2D eigenvalue weighted by molar-refractivity contribution is 14.0. The number of nitrogens with zero attached hydrogens (tertiary/aromatic N) is 4. The standard InChI is InChI=1S/C22H34N6O2.HI/c1-16-26-27-20(28(16)5)15-25-21(24-14-18-10-8-12-29-18)23-13-17-9-6-7-11-19(17)30-22(2,3)4;/h6-7,9,11,18H,8,10,12-15H2,1-5H3,(H2,23,24,25);1H. The molecule has 1 aliphatic rings. The van der Waals surface area contributed by atoms with Crippen LogP contribution >= 0.6 is 24.0 Å². The molecule has 0 aliphatic carbocycles. The minimum atomic E-state index is -0.262. The summed E-state index contributed by atoms with van der Waals surface area (Å²) in [5, 5.41) is 15.1. The largest absolute Gasteiger partial charge is 0.488 e. The Morgan fingerprint density at radius 3 is 2.68 bits per heavy atom. The molecular weight excluding hydrogens is 507 g/mol. The van der Waals surface area contributed by atoms with Crippen molar-refractivity contribution in [3.63, 3.8) is 0 Å². The summed E-state index contributed by atoms with van der Waals surface area (Å²) in [5.74, 6) is 3.31. The Bertz CT molecular complexity index is 856. The van der Waals surface area contributed by atoms with Crippen LogP contribution in [0, 0.1) is 6.92 Å². The molecule has 1 fully saturated rings. The van der Waals surface area contributed by atoms with Gasteiger partial charge in [-0.2, -0.15) is 0 Å². The Morgan fingerprint density at radius 2 is 2.03 bits per heavy atom. The van der Waals surface area contributed by atoms with Crippen molar-refractivity contribution in [3.8, 4) is 5.75 Å². The second-order valence-electron chi connectivity index (χ2n) is 8.58. The van der Waals surface area contributed by atoms with Crippen molar-refractivity contribution >= 4 is 29.9 Å². The summed E-state index contributed by atoms with van der Waals surface area (Å²) < 4.78 is 13.8. The molecule has 8 nitrogen and oxygen atoms in total. The van der Waals surface area contributed by atoms with Gasteiger partial charge in [-0.3, -0.25) is 0 Å². The second-order valence-corrected chi connectivity index (χ2v) is 8.58. The highest BCUT2D eigenvalue weighted by atomic mass is 127. The zero-order valence-corrected chi connectivity index (χ0v) is 21.5. The van der Waals surface area contributed by atoms with E-state index in [0.29, 0.717) is 13.1 Å². The first kappa shape index (κ1) is 25.4. The lowest BCUT2D eigenvalue weighted by molar-refractivity contribution is 0.113. The first-order chi connectivity index (χ1) is 14.3. The van der Waals surface area contributed by atoms with Crippen molar-refractivity contribution in [1.82, 2.24) is 25.4 Å². The first-order valence-corrected chi connectivity index (χ1v) is 10.6. The topological polar surface area (TPSA) is 85.6 Å². The normalized spacial score (nSPS) is 16.7. The number of guanidine groups is 1. The van der Waals surface area contributed by atoms with Crippen molar-refractivity contribution in [1.29, 1.82) is 0 Å². The average Bonchev–Trinajstić information content (AvgIpc) is 3.32. The van der Waals surface area contributed by atoms with E-state index in [1.54, 1.807) is 0 Å². The zero-order chi connectivity index (χ0) is 21.6. The van der Waals surface area contributed by atoms with Crippen LogP contribution in [-0.2, 0) is 24.9 Å². The fourth-order valence-corrected chi connectivity index (χ4v) is 3.19. The number of nitrogens with one attached hydrogen (secondary N) is 2. The van der Waals surface area contributed by atoms with Gasteiger partial charge in [0.05, 0.1) is 19.2 Å². The summed E-state index contributed by atoms with van der Waals surface area (Å²) in [6, 6.07) is 8.04. The lowest BCUT2D eigenvalue weighted by Crippen LogP contribution is -2.41. The molecule has 9 heteroatoms. The van der Waals surface area contributed by atoms with Crippen LogP contribution in [0.25, 0.3) is 0 Å². The number of aliphatic imine (C=N–C) groups is 1. The summed E-state index contributed by atoms with van der Waals surface area (Å²) in [6.45, 7) is 10.7.